The standard InChI is InChI=1S/C16H16N6O2/c1-8(23)11-5-3-9(6-12(11)24)2-4-10-7-19-15-13(20-10)14(17)21-16(18)22-15/h3,5-7,23-24H,1-2,4H2,(H4,17,18,19,21,22). The lowest BCUT2D eigenvalue weighted by Crippen LogP contribution is -2.05. The minimum atomic E-state index is -0.172. The quantitative estimate of drug-likeness (QED) is 0.530. The Bertz CT molecular complexity index is 941. The fourth-order valence-electron chi connectivity index (χ4n) is 2.35. The van der Waals surface area contributed by atoms with Crippen LogP contribution in [0.25, 0.3) is 16.9 Å². The van der Waals surface area contributed by atoms with Gasteiger partial charge in [0.15, 0.2) is 17.0 Å². The number of aryl methyl sites for hydroxylation is 2. The molecule has 0 spiro atoms. The van der Waals surface area contributed by atoms with Gasteiger partial charge in [-0.25, -0.2) is 9.97 Å². The van der Waals surface area contributed by atoms with Gasteiger partial charge in [-0.15, -0.1) is 0 Å². The predicted molar refractivity (Wildman–Crippen MR) is 91.1 cm³/mol. The average Bonchev–Trinajstić information content (AvgIpc) is 2.52. The van der Waals surface area contributed by atoms with Gasteiger partial charge < -0.3 is 21.7 Å². The van der Waals surface area contributed by atoms with Crippen molar-refractivity contribution in [1.82, 2.24) is 19.9 Å². The highest BCUT2D eigenvalue weighted by atomic mass is 16.3. The zero-order chi connectivity index (χ0) is 17.3. The molecule has 0 fully saturated rings. The molecule has 122 valence electrons. The van der Waals surface area contributed by atoms with Crippen molar-refractivity contribution in [3.05, 3.63) is 47.8 Å². The second-order valence-electron chi connectivity index (χ2n) is 5.30. The molecule has 6 N–H and O–H groups in total. The molecule has 0 aliphatic carbocycles. The van der Waals surface area contributed by atoms with Gasteiger partial charge in [0.2, 0.25) is 5.95 Å². The first-order valence-corrected chi connectivity index (χ1v) is 7.19. The number of nitrogen functional groups attached to an aromatic ring is 2. The Labute approximate surface area is 137 Å². The summed E-state index contributed by atoms with van der Waals surface area (Å²) in [6.45, 7) is 3.40. The summed E-state index contributed by atoms with van der Waals surface area (Å²) < 4.78 is 0. The minimum absolute atomic E-state index is 0.0160. The highest BCUT2D eigenvalue weighted by Crippen LogP contribution is 2.24. The first kappa shape index (κ1) is 15.5. The second kappa shape index (κ2) is 5.99. The van der Waals surface area contributed by atoms with Crippen molar-refractivity contribution in [2.45, 2.75) is 12.8 Å². The van der Waals surface area contributed by atoms with Gasteiger partial charge in [0, 0.05) is 0 Å². The van der Waals surface area contributed by atoms with Gasteiger partial charge in [0.25, 0.3) is 0 Å². The summed E-state index contributed by atoms with van der Waals surface area (Å²) in [4.78, 5) is 16.5. The van der Waals surface area contributed by atoms with Crippen molar-refractivity contribution in [2.24, 2.45) is 0 Å². The monoisotopic (exact) mass is 324 g/mol. The number of rotatable bonds is 4. The number of fused-ring (bicyclic) bond motifs is 1. The van der Waals surface area contributed by atoms with Gasteiger partial charge in [-0.2, -0.15) is 9.97 Å². The van der Waals surface area contributed by atoms with E-state index in [1.807, 2.05) is 6.07 Å². The van der Waals surface area contributed by atoms with Crippen LogP contribution in [0.15, 0.2) is 31.0 Å². The van der Waals surface area contributed by atoms with Gasteiger partial charge in [0.1, 0.15) is 11.5 Å². The zero-order valence-corrected chi connectivity index (χ0v) is 12.8. The van der Waals surface area contributed by atoms with Crippen molar-refractivity contribution in [3.63, 3.8) is 0 Å². The Hall–Kier alpha value is -3.42. The van der Waals surface area contributed by atoms with Crippen LogP contribution in [0.2, 0.25) is 0 Å². The van der Waals surface area contributed by atoms with Crippen molar-refractivity contribution in [1.29, 1.82) is 0 Å². The molecule has 0 bridgehead atoms. The number of nitrogens with zero attached hydrogens (tertiary/aromatic N) is 4. The maximum Gasteiger partial charge on any atom is 0.224 e. The Balaban J connectivity index is 1.81. The van der Waals surface area contributed by atoms with Crippen LogP contribution in [0.5, 0.6) is 5.75 Å². The first-order chi connectivity index (χ1) is 11.4. The summed E-state index contributed by atoms with van der Waals surface area (Å²) in [5.74, 6) is 0.0605. The van der Waals surface area contributed by atoms with E-state index in [4.69, 9.17) is 11.5 Å². The Kier molecular flexibility index (Phi) is 3.87. The van der Waals surface area contributed by atoms with Crippen LogP contribution in [0.4, 0.5) is 11.8 Å². The number of aliphatic hydroxyl groups excluding tert-OH is 1. The van der Waals surface area contributed by atoms with E-state index in [0.717, 1.165) is 11.3 Å². The average molecular weight is 324 g/mol. The van der Waals surface area contributed by atoms with Crippen molar-refractivity contribution >= 4 is 28.7 Å². The van der Waals surface area contributed by atoms with Crippen LogP contribution in [0.3, 0.4) is 0 Å². The number of aliphatic hydroxyl groups is 1. The van der Waals surface area contributed by atoms with Crippen molar-refractivity contribution in [3.8, 4) is 5.75 Å². The third kappa shape index (κ3) is 3.02. The number of phenolic OH excluding ortho intramolecular Hbond substituents is 1. The lowest BCUT2D eigenvalue weighted by Gasteiger charge is -2.07. The van der Waals surface area contributed by atoms with Gasteiger partial charge in [-0.3, -0.25) is 0 Å². The molecule has 2 heterocycles. The summed E-state index contributed by atoms with van der Waals surface area (Å²) >= 11 is 0. The number of hydrogen-bond acceptors (Lipinski definition) is 8. The molecule has 0 radical (unpaired) electrons. The zero-order valence-electron chi connectivity index (χ0n) is 12.8. The number of aromatic hydroxyl groups is 1. The molecule has 3 rings (SSSR count). The third-order valence-corrected chi connectivity index (χ3v) is 3.54. The summed E-state index contributed by atoms with van der Waals surface area (Å²) in [5.41, 5.74) is 14.0. The van der Waals surface area contributed by atoms with Crippen LogP contribution in [-0.4, -0.2) is 30.1 Å². The smallest absolute Gasteiger partial charge is 0.224 e. The molecular weight excluding hydrogens is 308 g/mol. The second-order valence-corrected chi connectivity index (χ2v) is 5.30. The van der Waals surface area contributed by atoms with Crippen molar-refractivity contribution in [2.75, 3.05) is 11.5 Å². The molecule has 0 unspecified atom stereocenters. The van der Waals surface area contributed by atoms with E-state index in [2.05, 4.69) is 26.5 Å². The molecule has 0 saturated heterocycles. The summed E-state index contributed by atoms with van der Waals surface area (Å²) in [6, 6.07) is 5.01. The van der Waals surface area contributed by atoms with E-state index in [0.29, 0.717) is 29.6 Å². The van der Waals surface area contributed by atoms with Gasteiger partial charge in [-0.05, 0) is 30.5 Å². The Morgan fingerprint density at radius 3 is 2.62 bits per heavy atom. The van der Waals surface area contributed by atoms with Gasteiger partial charge in [0.05, 0.1) is 17.5 Å². The van der Waals surface area contributed by atoms with Crippen LogP contribution in [-0.2, 0) is 12.8 Å². The topological polar surface area (TPSA) is 144 Å². The molecular formula is C16H16N6O2. The molecule has 8 heteroatoms. The molecule has 0 aliphatic heterocycles. The molecule has 8 nitrogen and oxygen atoms in total. The fourth-order valence-corrected chi connectivity index (χ4v) is 2.35. The van der Waals surface area contributed by atoms with E-state index in [-0.39, 0.29) is 23.3 Å². The number of anilines is 2. The predicted octanol–water partition coefficient (Wildman–Crippen LogP) is 1.60. The highest BCUT2D eigenvalue weighted by Gasteiger charge is 2.09. The van der Waals surface area contributed by atoms with Crippen LogP contribution < -0.4 is 11.5 Å². The lowest BCUT2D eigenvalue weighted by atomic mass is 10.0. The molecule has 2 aromatic heterocycles. The normalized spacial score (nSPS) is 10.8. The maximum atomic E-state index is 9.87. The maximum absolute atomic E-state index is 9.87. The summed E-state index contributed by atoms with van der Waals surface area (Å²) in [6.07, 6.45) is 2.82. The van der Waals surface area contributed by atoms with Crippen molar-refractivity contribution < 1.29 is 10.2 Å². The molecule has 0 aliphatic rings. The van der Waals surface area contributed by atoms with Gasteiger partial charge in [-0.1, -0.05) is 12.6 Å². The molecule has 24 heavy (non-hydrogen) atoms. The fraction of sp³-hybridized carbons (Fsp3) is 0.125. The van der Waals surface area contributed by atoms with E-state index in [1.54, 1.807) is 18.3 Å². The van der Waals surface area contributed by atoms with E-state index < -0.39 is 0 Å². The minimum Gasteiger partial charge on any atom is -0.508 e. The van der Waals surface area contributed by atoms with Crippen LogP contribution in [0, 0.1) is 0 Å². The molecule has 3 aromatic rings. The number of aromatic nitrogens is 4. The summed E-state index contributed by atoms with van der Waals surface area (Å²) in [5, 5.41) is 19.2. The molecule has 0 saturated carbocycles. The van der Waals surface area contributed by atoms with E-state index in [1.165, 1.54) is 0 Å². The van der Waals surface area contributed by atoms with E-state index >= 15 is 0 Å². The van der Waals surface area contributed by atoms with E-state index in [9.17, 15) is 10.2 Å². The lowest BCUT2D eigenvalue weighted by molar-refractivity contribution is 0.460. The Morgan fingerprint density at radius 2 is 1.92 bits per heavy atom. The van der Waals surface area contributed by atoms with Crippen LogP contribution in [0.1, 0.15) is 16.8 Å². The number of benzene rings is 1. The first-order valence-electron chi connectivity index (χ1n) is 7.19. The largest absolute Gasteiger partial charge is 0.508 e. The highest BCUT2D eigenvalue weighted by molar-refractivity contribution is 5.81. The molecule has 1 aromatic carbocycles. The number of phenols is 1. The number of hydrogen-bond donors (Lipinski definition) is 4. The third-order valence-electron chi connectivity index (χ3n) is 3.54. The van der Waals surface area contributed by atoms with Crippen LogP contribution >= 0.6 is 0 Å². The van der Waals surface area contributed by atoms with Gasteiger partial charge >= 0.3 is 0 Å². The summed E-state index contributed by atoms with van der Waals surface area (Å²) in [7, 11) is 0. The Morgan fingerprint density at radius 1 is 1.12 bits per heavy atom. The molecule has 0 amide bonds. The molecule has 0 atom stereocenters. The number of nitrogens with two attached hydrogens (primary N) is 2. The SMILES string of the molecule is C=C(O)c1ccc(CCc2cnc3nc(N)nc(N)c3n2)cc1O.